The highest BCUT2D eigenvalue weighted by Crippen LogP contribution is 3.06. The van der Waals surface area contributed by atoms with Crippen molar-refractivity contribution < 1.29 is 0 Å². The summed E-state index contributed by atoms with van der Waals surface area (Å²) in [5.41, 5.74) is 3.10. The summed E-state index contributed by atoms with van der Waals surface area (Å²) in [4.78, 5) is 0. The molecule has 8 rings (SSSR count). The van der Waals surface area contributed by atoms with Crippen LogP contribution in [0.3, 0.4) is 0 Å². The van der Waals surface area contributed by atoms with E-state index in [1.54, 1.807) is 38.5 Å². The zero-order valence-electron chi connectivity index (χ0n) is 10.4. The van der Waals surface area contributed by atoms with Gasteiger partial charge in [0.1, 0.15) is 0 Å². The molecule has 0 heteroatoms. The van der Waals surface area contributed by atoms with E-state index in [1.807, 2.05) is 0 Å². The summed E-state index contributed by atoms with van der Waals surface area (Å²) in [5, 5.41) is 0. The molecule has 9 atom stereocenters. The lowest BCUT2D eigenvalue weighted by molar-refractivity contribution is -0.582. The molecule has 0 aromatic carbocycles. The van der Waals surface area contributed by atoms with Gasteiger partial charge in [0, 0.05) is 0 Å². The zero-order chi connectivity index (χ0) is 10.4. The van der Waals surface area contributed by atoms with Gasteiger partial charge < -0.3 is 0 Å². The van der Waals surface area contributed by atoms with Gasteiger partial charge >= 0.3 is 0 Å². The fourth-order valence-corrected chi connectivity index (χ4v) is 10.9. The maximum absolute atomic E-state index is 1.70. The van der Waals surface area contributed by atoms with Crippen LogP contribution in [-0.4, -0.2) is 0 Å². The monoisotopic (exact) mass is 224 g/mol. The van der Waals surface area contributed by atoms with Gasteiger partial charge in [-0.3, -0.25) is 0 Å². The minimum absolute atomic E-state index is 1.01. The minimum Gasteiger partial charge on any atom is -0.0464 e. The summed E-state index contributed by atoms with van der Waals surface area (Å²) < 4.78 is 0. The molecule has 8 unspecified atom stereocenters. The van der Waals surface area contributed by atoms with Crippen LogP contribution in [0.1, 0.15) is 38.5 Å². The van der Waals surface area contributed by atoms with Crippen LogP contribution >= 0.6 is 0 Å². The first-order valence-corrected chi connectivity index (χ1v) is 8.36. The molecule has 3 spiro atoms. The molecular weight excluding hydrogens is 204 g/mol. The van der Waals surface area contributed by atoms with Crippen molar-refractivity contribution in [2.75, 3.05) is 0 Å². The summed E-state index contributed by atoms with van der Waals surface area (Å²) in [6.45, 7) is 0. The molecule has 0 amide bonds. The van der Waals surface area contributed by atoms with Crippen molar-refractivity contribution in [1.29, 1.82) is 0 Å². The predicted octanol–water partition coefficient (Wildman–Crippen LogP) is 3.32. The van der Waals surface area contributed by atoms with Crippen LogP contribution in [0.5, 0.6) is 0 Å². The topological polar surface area (TPSA) is 0 Å². The van der Waals surface area contributed by atoms with Crippen molar-refractivity contribution in [3.63, 3.8) is 0 Å². The fourth-order valence-electron chi connectivity index (χ4n) is 10.9. The molecule has 8 saturated carbocycles. The first-order chi connectivity index (χ1) is 8.36. The van der Waals surface area contributed by atoms with Crippen LogP contribution in [0.4, 0.5) is 0 Å². The van der Waals surface area contributed by atoms with E-state index in [0.717, 1.165) is 16.2 Å². The first-order valence-electron chi connectivity index (χ1n) is 8.36. The average Bonchev–Trinajstić information content (AvgIpc) is 2.08. The third-order valence-corrected chi connectivity index (χ3v) is 10.9. The highest BCUT2D eigenvalue weighted by Gasteiger charge is 3.01. The van der Waals surface area contributed by atoms with Crippen LogP contribution in [0, 0.1) is 63.6 Å². The van der Waals surface area contributed by atoms with Crippen molar-refractivity contribution >= 4 is 0 Å². The SMILES string of the molecule is C1C2CC3C24C1CC4C31C2CC3C[C@H]4CC1C324. The normalized spacial score (nSPS) is 93.2. The van der Waals surface area contributed by atoms with Gasteiger partial charge in [0.15, 0.2) is 0 Å². The molecule has 0 radical (unpaired) electrons. The van der Waals surface area contributed by atoms with Crippen LogP contribution < -0.4 is 0 Å². The average molecular weight is 224 g/mol. The molecular formula is C17H20. The van der Waals surface area contributed by atoms with Crippen LogP contribution in [0.15, 0.2) is 0 Å². The summed E-state index contributed by atoms with van der Waals surface area (Å²) in [6, 6.07) is 0. The van der Waals surface area contributed by atoms with Crippen molar-refractivity contribution in [2.24, 2.45) is 63.6 Å². The molecule has 8 aliphatic carbocycles. The van der Waals surface area contributed by atoms with Gasteiger partial charge in [-0.15, -0.1) is 0 Å². The molecule has 0 aromatic rings. The molecule has 17 heavy (non-hydrogen) atoms. The van der Waals surface area contributed by atoms with Gasteiger partial charge in [-0.2, -0.15) is 0 Å². The number of fused-ring (bicyclic) bond motifs is 4. The molecule has 0 heterocycles. The Kier molecular flexibility index (Phi) is 0.694. The lowest BCUT2D eigenvalue weighted by atomic mass is 8.99. The van der Waals surface area contributed by atoms with Gasteiger partial charge in [-0.1, -0.05) is 0 Å². The fraction of sp³-hybridized carbons (Fsp3) is 1.00. The summed E-state index contributed by atoms with van der Waals surface area (Å²) in [6.07, 6.45) is 10.1. The second-order valence-electron chi connectivity index (χ2n) is 9.41. The van der Waals surface area contributed by atoms with Crippen molar-refractivity contribution in [3.8, 4) is 0 Å². The van der Waals surface area contributed by atoms with Crippen molar-refractivity contribution in [3.05, 3.63) is 0 Å². The van der Waals surface area contributed by atoms with Gasteiger partial charge in [-0.05, 0) is 102 Å². The minimum atomic E-state index is 1.01. The second kappa shape index (κ2) is 1.56. The Labute approximate surface area is 103 Å². The third kappa shape index (κ3) is 0.340. The Balaban J connectivity index is 1.33. The van der Waals surface area contributed by atoms with Crippen molar-refractivity contribution in [1.82, 2.24) is 0 Å². The van der Waals surface area contributed by atoms with E-state index in [0.29, 0.717) is 0 Å². The maximum Gasteiger partial charge on any atom is -0.0162 e. The summed E-state index contributed by atoms with van der Waals surface area (Å²) in [5.74, 6) is 10.2. The van der Waals surface area contributed by atoms with E-state index in [4.69, 9.17) is 0 Å². The third-order valence-electron chi connectivity index (χ3n) is 10.9. The molecule has 88 valence electrons. The van der Waals surface area contributed by atoms with E-state index in [1.165, 1.54) is 47.3 Å². The first kappa shape index (κ1) is 7.56. The molecule has 0 bridgehead atoms. The molecule has 0 nitrogen and oxygen atoms in total. The molecule has 8 fully saturated rings. The quantitative estimate of drug-likeness (QED) is 0.592. The predicted molar refractivity (Wildman–Crippen MR) is 62.9 cm³/mol. The van der Waals surface area contributed by atoms with Gasteiger partial charge in [0.05, 0.1) is 0 Å². The smallest absolute Gasteiger partial charge is 0.0162 e. The second-order valence-corrected chi connectivity index (χ2v) is 9.41. The van der Waals surface area contributed by atoms with Crippen LogP contribution in [0.2, 0.25) is 0 Å². The highest BCUT2D eigenvalue weighted by molar-refractivity contribution is 5.48. The maximum atomic E-state index is 1.70. The lowest BCUT2D eigenvalue weighted by Crippen LogP contribution is -3.01. The molecule has 0 aliphatic heterocycles. The number of rotatable bonds is 0. The van der Waals surface area contributed by atoms with E-state index < -0.39 is 0 Å². The number of hydrogen-bond donors (Lipinski definition) is 0. The molecule has 0 saturated heterocycles. The van der Waals surface area contributed by atoms with E-state index in [2.05, 4.69) is 0 Å². The van der Waals surface area contributed by atoms with Crippen molar-refractivity contribution in [2.45, 2.75) is 38.5 Å². The standard InChI is InChI=1S/C17H20/c1-7-3-11-15(7)8(1)4-12(15)17(11)13-5-9-2-10-6-14(17)16(9,10)13/h7-14H,1-6H2/t7-,8?,9?,10?,11?,12?,13?,14?,15?,16?,17?/m0/s1. The Bertz CT molecular complexity index is 435. The molecule has 8 aliphatic rings. The molecule has 0 aromatic heterocycles. The zero-order valence-corrected chi connectivity index (χ0v) is 10.4. The van der Waals surface area contributed by atoms with Crippen LogP contribution in [0.25, 0.3) is 0 Å². The Morgan fingerprint density at radius 3 is 1.06 bits per heavy atom. The van der Waals surface area contributed by atoms with E-state index in [9.17, 15) is 0 Å². The Morgan fingerprint density at radius 1 is 0.412 bits per heavy atom. The summed E-state index contributed by atoms with van der Waals surface area (Å²) >= 11 is 0. The van der Waals surface area contributed by atoms with E-state index >= 15 is 0 Å². The Morgan fingerprint density at radius 2 is 0.765 bits per heavy atom. The van der Waals surface area contributed by atoms with E-state index in [-0.39, 0.29) is 0 Å². The number of hydrogen-bond acceptors (Lipinski definition) is 0. The van der Waals surface area contributed by atoms with Gasteiger partial charge in [0.25, 0.3) is 0 Å². The lowest BCUT2D eigenvalue weighted by Gasteiger charge is -3.05. The van der Waals surface area contributed by atoms with Gasteiger partial charge in [-0.25, -0.2) is 0 Å². The van der Waals surface area contributed by atoms with Gasteiger partial charge in [0.2, 0.25) is 0 Å². The largest absolute Gasteiger partial charge is 0.0464 e. The Hall–Kier alpha value is 0. The van der Waals surface area contributed by atoms with Crippen LogP contribution in [-0.2, 0) is 0 Å². The highest BCUT2D eigenvalue weighted by atomic mass is 15.0. The summed E-state index contributed by atoms with van der Waals surface area (Å²) in [7, 11) is 0. The molecule has 0 N–H and O–H groups in total.